The number of nitrogens with zero attached hydrogens (tertiary/aromatic N) is 3. The van der Waals surface area contributed by atoms with E-state index < -0.39 is 12.0 Å². The average Bonchev–Trinajstić information content (AvgIpc) is 3.19. The molecule has 2 fully saturated rings. The molecule has 0 aliphatic carbocycles. The number of halogens is 1. The fourth-order valence-corrected chi connectivity index (χ4v) is 4.24. The van der Waals surface area contributed by atoms with Gasteiger partial charge in [0, 0.05) is 51.4 Å². The molecule has 3 rings (SSSR count). The molecule has 8 nitrogen and oxygen atoms in total. The number of nitrogens with one attached hydrogen (secondary N) is 1. The highest BCUT2D eigenvalue weighted by molar-refractivity contribution is 6.01. The smallest absolute Gasteiger partial charge is 0.245 e. The van der Waals surface area contributed by atoms with Gasteiger partial charge >= 0.3 is 0 Å². The highest BCUT2D eigenvalue weighted by Crippen LogP contribution is 2.26. The SMILES string of the molecule is CCC(C)[C@H](NC(=O)C1CC(=O)N(c2ccc(F)cc2)C1)C(=O)N1CCN(CCO)CC1. The Labute approximate surface area is 188 Å². The van der Waals surface area contributed by atoms with Gasteiger partial charge in [-0.3, -0.25) is 19.3 Å². The van der Waals surface area contributed by atoms with E-state index in [0.29, 0.717) is 38.4 Å². The van der Waals surface area contributed by atoms with E-state index in [0.717, 1.165) is 6.42 Å². The van der Waals surface area contributed by atoms with Crippen LogP contribution >= 0.6 is 0 Å². The summed E-state index contributed by atoms with van der Waals surface area (Å²) >= 11 is 0. The van der Waals surface area contributed by atoms with E-state index in [4.69, 9.17) is 5.11 Å². The van der Waals surface area contributed by atoms with Gasteiger partial charge in [-0.25, -0.2) is 4.39 Å². The molecule has 3 atom stereocenters. The van der Waals surface area contributed by atoms with Crippen molar-refractivity contribution in [1.29, 1.82) is 0 Å². The Hall–Kier alpha value is -2.52. The minimum atomic E-state index is -0.646. The third-order valence-corrected chi connectivity index (χ3v) is 6.51. The Morgan fingerprint density at radius 3 is 2.44 bits per heavy atom. The highest BCUT2D eigenvalue weighted by Gasteiger charge is 2.38. The molecule has 3 amide bonds. The van der Waals surface area contributed by atoms with E-state index in [2.05, 4.69) is 10.2 Å². The van der Waals surface area contributed by atoms with Crippen molar-refractivity contribution in [2.24, 2.45) is 11.8 Å². The molecule has 2 aliphatic rings. The number of anilines is 1. The Bertz CT molecular complexity index is 811. The Morgan fingerprint density at radius 1 is 1.19 bits per heavy atom. The molecule has 2 unspecified atom stereocenters. The van der Waals surface area contributed by atoms with Gasteiger partial charge in [0.25, 0.3) is 0 Å². The minimum Gasteiger partial charge on any atom is -0.395 e. The van der Waals surface area contributed by atoms with Crippen LogP contribution in [0.5, 0.6) is 0 Å². The van der Waals surface area contributed by atoms with Crippen LogP contribution in [-0.4, -0.2) is 84.5 Å². The van der Waals surface area contributed by atoms with E-state index in [9.17, 15) is 18.8 Å². The molecule has 1 aromatic rings. The van der Waals surface area contributed by atoms with Crippen molar-refractivity contribution in [3.05, 3.63) is 30.1 Å². The fourth-order valence-electron chi connectivity index (χ4n) is 4.24. The topological polar surface area (TPSA) is 93.2 Å². The first-order valence-corrected chi connectivity index (χ1v) is 11.3. The summed E-state index contributed by atoms with van der Waals surface area (Å²) in [7, 11) is 0. The molecular weight excluding hydrogens is 415 g/mol. The van der Waals surface area contributed by atoms with E-state index in [1.807, 2.05) is 13.8 Å². The van der Waals surface area contributed by atoms with Crippen LogP contribution in [0.1, 0.15) is 26.7 Å². The minimum absolute atomic E-state index is 0.0489. The summed E-state index contributed by atoms with van der Waals surface area (Å²) in [6.07, 6.45) is 0.789. The van der Waals surface area contributed by atoms with Gasteiger partial charge in [0.15, 0.2) is 0 Å². The molecule has 0 spiro atoms. The summed E-state index contributed by atoms with van der Waals surface area (Å²) in [5.41, 5.74) is 0.557. The van der Waals surface area contributed by atoms with Crippen molar-refractivity contribution >= 4 is 23.4 Å². The predicted octanol–water partition coefficient (Wildman–Crippen LogP) is 0.846. The number of β-amino-alcohol motifs (C(OH)–C–C–N with tert-alkyl or cyclic N) is 1. The van der Waals surface area contributed by atoms with E-state index in [1.54, 1.807) is 4.90 Å². The molecule has 1 aromatic carbocycles. The molecule has 2 heterocycles. The van der Waals surface area contributed by atoms with Crippen molar-refractivity contribution < 1.29 is 23.9 Å². The molecule has 0 saturated carbocycles. The zero-order valence-electron chi connectivity index (χ0n) is 18.8. The highest BCUT2D eigenvalue weighted by atomic mass is 19.1. The van der Waals surface area contributed by atoms with Gasteiger partial charge in [-0.15, -0.1) is 0 Å². The van der Waals surface area contributed by atoms with Crippen LogP contribution < -0.4 is 10.2 Å². The molecule has 2 saturated heterocycles. The van der Waals surface area contributed by atoms with Crippen LogP contribution in [0.4, 0.5) is 10.1 Å². The number of aliphatic hydroxyl groups is 1. The van der Waals surface area contributed by atoms with Gasteiger partial charge in [0.05, 0.1) is 12.5 Å². The molecule has 9 heteroatoms. The van der Waals surface area contributed by atoms with E-state index in [1.165, 1.54) is 29.2 Å². The molecule has 176 valence electrons. The normalized spacial score (nSPS) is 21.5. The van der Waals surface area contributed by atoms with Gasteiger partial charge < -0.3 is 20.2 Å². The predicted molar refractivity (Wildman–Crippen MR) is 118 cm³/mol. The van der Waals surface area contributed by atoms with Crippen molar-refractivity contribution in [2.75, 3.05) is 50.8 Å². The second-order valence-corrected chi connectivity index (χ2v) is 8.64. The summed E-state index contributed by atoms with van der Waals surface area (Å²) in [6, 6.07) is 4.97. The monoisotopic (exact) mass is 448 g/mol. The number of carbonyl (C=O) groups is 3. The molecule has 2 N–H and O–H groups in total. The second kappa shape index (κ2) is 10.9. The first-order valence-electron chi connectivity index (χ1n) is 11.3. The molecule has 32 heavy (non-hydrogen) atoms. The van der Waals surface area contributed by atoms with Crippen LogP contribution in [0.2, 0.25) is 0 Å². The summed E-state index contributed by atoms with van der Waals surface area (Å²) in [4.78, 5) is 44.1. The Balaban J connectivity index is 1.63. The van der Waals surface area contributed by atoms with Crippen LogP contribution in [-0.2, 0) is 14.4 Å². The number of rotatable bonds is 8. The van der Waals surface area contributed by atoms with Crippen molar-refractivity contribution in [1.82, 2.24) is 15.1 Å². The van der Waals surface area contributed by atoms with Crippen molar-refractivity contribution in [2.45, 2.75) is 32.7 Å². The zero-order valence-corrected chi connectivity index (χ0v) is 18.8. The van der Waals surface area contributed by atoms with Crippen LogP contribution in [0.15, 0.2) is 24.3 Å². The van der Waals surface area contributed by atoms with Gasteiger partial charge in [0.1, 0.15) is 11.9 Å². The number of carbonyl (C=O) groups excluding carboxylic acids is 3. The van der Waals surface area contributed by atoms with Gasteiger partial charge in [0.2, 0.25) is 17.7 Å². The van der Waals surface area contributed by atoms with E-state index >= 15 is 0 Å². The number of benzene rings is 1. The molecule has 2 aliphatic heterocycles. The lowest BCUT2D eigenvalue weighted by molar-refractivity contribution is -0.140. The largest absolute Gasteiger partial charge is 0.395 e. The summed E-state index contributed by atoms with van der Waals surface area (Å²) in [6.45, 7) is 7.30. The first-order chi connectivity index (χ1) is 15.3. The summed E-state index contributed by atoms with van der Waals surface area (Å²) < 4.78 is 13.2. The lowest BCUT2D eigenvalue weighted by Gasteiger charge is -2.37. The number of piperazine rings is 1. The fraction of sp³-hybridized carbons (Fsp3) is 0.609. The van der Waals surface area contributed by atoms with Crippen LogP contribution in [0.3, 0.4) is 0 Å². The lowest BCUT2D eigenvalue weighted by Crippen LogP contribution is -2.57. The maximum Gasteiger partial charge on any atom is 0.245 e. The van der Waals surface area contributed by atoms with Crippen LogP contribution in [0.25, 0.3) is 0 Å². The standard InChI is InChI=1S/C23H33FN4O4/c1-3-16(2)21(23(32)27-10-8-26(9-11-27)12-13-29)25-22(31)17-14-20(30)28(15-17)19-6-4-18(24)5-7-19/h4-7,16-17,21,29H,3,8-15H2,1-2H3,(H,25,31)/t16?,17?,21-/m0/s1. The molecule has 0 bridgehead atoms. The Morgan fingerprint density at radius 2 is 1.84 bits per heavy atom. The van der Waals surface area contributed by atoms with Gasteiger partial charge in [-0.1, -0.05) is 20.3 Å². The number of hydrogen-bond donors (Lipinski definition) is 2. The number of amides is 3. The summed E-state index contributed by atoms with van der Waals surface area (Å²) in [5.74, 6) is -1.60. The first kappa shape index (κ1) is 24.1. The Kier molecular flexibility index (Phi) is 8.20. The maximum absolute atomic E-state index is 13.2. The quantitative estimate of drug-likeness (QED) is 0.615. The number of hydrogen-bond acceptors (Lipinski definition) is 5. The summed E-state index contributed by atoms with van der Waals surface area (Å²) in [5, 5.41) is 12.0. The van der Waals surface area contributed by atoms with E-state index in [-0.39, 0.29) is 49.0 Å². The van der Waals surface area contributed by atoms with Gasteiger partial charge in [-0.05, 0) is 30.2 Å². The number of aliphatic hydroxyl groups excluding tert-OH is 1. The van der Waals surface area contributed by atoms with Crippen molar-refractivity contribution in [3.8, 4) is 0 Å². The molecule has 0 aromatic heterocycles. The second-order valence-electron chi connectivity index (χ2n) is 8.64. The average molecular weight is 449 g/mol. The van der Waals surface area contributed by atoms with Crippen molar-refractivity contribution in [3.63, 3.8) is 0 Å². The third-order valence-electron chi connectivity index (χ3n) is 6.51. The lowest BCUT2D eigenvalue weighted by atomic mass is 9.96. The zero-order chi connectivity index (χ0) is 23.3. The molecular formula is C23H33FN4O4. The molecule has 0 radical (unpaired) electrons. The maximum atomic E-state index is 13.2. The van der Waals surface area contributed by atoms with Gasteiger partial charge in [-0.2, -0.15) is 0 Å². The van der Waals surface area contributed by atoms with Crippen LogP contribution in [0, 0.1) is 17.7 Å². The third kappa shape index (κ3) is 5.63.